The molecule has 1 fully saturated rings. The summed E-state index contributed by atoms with van der Waals surface area (Å²) in [5.74, 6) is 0.750. The van der Waals surface area contributed by atoms with E-state index in [0.717, 1.165) is 31.1 Å². The molecule has 2 aromatic rings. The first kappa shape index (κ1) is 16.8. The number of hydrogen-bond acceptors (Lipinski definition) is 7. The van der Waals surface area contributed by atoms with E-state index < -0.39 is 0 Å². The van der Waals surface area contributed by atoms with E-state index >= 15 is 0 Å². The quantitative estimate of drug-likeness (QED) is 0.661. The molecule has 0 spiro atoms. The van der Waals surface area contributed by atoms with Crippen LogP contribution in [-0.2, 0) is 6.54 Å². The predicted molar refractivity (Wildman–Crippen MR) is 94.2 cm³/mol. The van der Waals surface area contributed by atoms with Crippen molar-refractivity contribution >= 4 is 22.8 Å². The van der Waals surface area contributed by atoms with E-state index in [1.165, 1.54) is 10.9 Å². The number of aryl methyl sites for hydroxylation is 1. The smallest absolute Gasteiger partial charge is 0.311 e. The number of thiazole rings is 1. The van der Waals surface area contributed by atoms with Gasteiger partial charge in [0.25, 0.3) is 0 Å². The van der Waals surface area contributed by atoms with Crippen LogP contribution < -0.4 is 5.32 Å². The van der Waals surface area contributed by atoms with Crippen LogP contribution >= 0.6 is 11.3 Å². The van der Waals surface area contributed by atoms with Gasteiger partial charge in [0.1, 0.15) is 0 Å². The summed E-state index contributed by atoms with van der Waals surface area (Å²) in [6.45, 7) is 7.03. The van der Waals surface area contributed by atoms with Gasteiger partial charge in [0.15, 0.2) is 0 Å². The highest BCUT2D eigenvalue weighted by atomic mass is 32.1. The Labute approximate surface area is 144 Å². The van der Waals surface area contributed by atoms with Crippen molar-refractivity contribution in [2.45, 2.75) is 32.9 Å². The van der Waals surface area contributed by atoms with Gasteiger partial charge in [-0.15, -0.1) is 11.3 Å². The third-order valence-corrected chi connectivity index (χ3v) is 5.24. The zero-order chi connectivity index (χ0) is 17.1. The van der Waals surface area contributed by atoms with Crippen LogP contribution in [0.3, 0.4) is 0 Å². The Hall–Kier alpha value is -2.06. The number of nitrogens with zero attached hydrogens (tertiary/aromatic N) is 4. The van der Waals surface area contributed by atoms with Gasteiger partial charge in [0, 0.05) is 49.0 Å². The minimum absolute atomic E-state index is 0.0345. The predicted octanol–water partition coefficient (Wildman–Crippen LogP) is 3.08. The first-order valence-electron chi connectivity index (χ1n) is 8.02. The van der Waals surface area contributed by atoms with Gasteiger partial charge in [0.05, 0.1) is 9.93 Å². The van der Waals surface area contributed by atoms with E-state index in [4.69, 9.17) is 0 Å². The second-order valence-corrected chi connectivity index (χ2v) is 7.55. The molecule has 3 rings (SSSR count). The molecule has 0 aromatic carbocycles. The molecule has 0 unspecified atom stereocenters. The number of anilines is 1. The van der Waals surface area contributed by atoms with Crippen molar-refractivity contribution in [2.24, 2.45) is 5.92 Å². The fourth-order valence-electron chi connectivity index (χ4n) is 3.12. The maximum absolute atomic E-state index is 11.1. The molecule has 7 nitrogen and oxygen atoms in total. The largest absolute Gasteiger partial charge is 0.361 e. The third-order valence-electron chi connectivity index (χ3n) is 4.34. The Kier molecular flexibility index (Phi) is 5.06. The first-order valence-corrected chi connectivity index (χ1v) is 8.84. The van der Waals surface area contributed by atoms with E-state index in [9.17, 15) is 10.1 Å². The molecule has 0 bridgehead atoms. The summed E-state index contributed by atoms with van der Waals surface area (Å²) in [6.07, 6.45) is 4.47. The molecule has 1 N–H and O–H groups in total. The van der Waals surface area contributed by atoms with Gasteiger partial charge < -0.3 is 5.32 Å². The summed E-state index contributed by atoms with van der Waals surface area (Å²) >= 11 is 1.74. The fourth-order valence-corrected chi connectivity index (χ4v) is 3.96. The zero-order valence-electron chi connectivity index (χ0n) is 13.8. The highest BCUT2D eigenvalue weighted by molar-refractivity contribution is 7.11. The molecule has 0 amide bonds. The molecule has 1 aliphatic heterocycles. The van der Waals surface area contributed by atoms with Crippen LogP contribution in [0.1, 0.15) is 23.2 Å². The second kappa shape index (κ2) is 7.23. The molecule has 2 atom stereocenters. The summed E-state index contributed by atoms with van der Waals surface area (Å²) < 4.78 is 0. The monoisotopic (exact) mass is 347 g/mol. The van der Waals surface area contributed by atoms with Crippen LogP contribution in [-0.4, -0.2) is 38.9 Å². The van der Waals surface area contributed by atoms with Crippen molar-refractivity contribution in [1.82, 2.24) is 14.9 Å². The number of nitro groups is 1. The fraction of sp³-hybridized carbons (Fsp3) is 0.500. The molecule has 0 saturated carbocycles. The molecule has 3 heterocycles. The summed E-state index contributed by atoms with van der Waals surface area (Å²) in [5, 5.41) is 15.5. The molecular weight excluding hydrogens is 326 g/mol. The Balaban J connectivity index is 1.61. The second-order valence-electron chi connectivity index (χ2n) is 6.23. The zero-order valence-corrected chi connectivity index (χ0v) is 14.6. The highest BCUT2D eigenvalue weighted by Crippen LogP contribution is 2.27. The van der Waals surface area contributed by atoms with Gasteiger partial charge in [-0.05, 0) is 25.3 Å². The van der Waals surface area contributed by atoms with Gasteiger partial charge in [0.2, 0.25) is 5.82 Å². The lowest BCUT2D eigenvalue weighted by atomic mass is 9.93. The molecule has 1 aliphatic rings. The highest BCUT2D eigenvalue weighted by Gasteiger charge is 2.28. The maximum Gasteiger partial charge on any atom is 0.311 e. The van der Waals surface area contributed by atoms with Crippen LogP contribution in [0.15, 0.2) is 24.5 Å². The lowest BCUT2D eigenvalue weighted by Gasteiger charge is -2.37. The number of pyridine rings is 1. The van der Waals surface area contributed by atoms with E-state index in [0.29, 0.717) is 11.7 Å². The maximum atomic E-state index is 11.1. The van der Waals surface area contributed by atoms with Crippen molar-refractivity contribution in [3.63, 3.8) is 0 Å². The standard InChI is InChI=1S/C16H21N5O2S/c1-11-9-20(10-13-8-18-12(2)24-13)7-5-14(11)19-16-15(21(22)23)4-3-6-17-16/h3-4,6,8,11,14H,5,7,9-10H2,1-2H3,(H,17,19)/t11-,14-/m1/s1. The van der Waals surface area contributed by atoms with Gasteiger partial charge in [-0.2, -0.15) is 0 Å². The molecule has 1 saturated heterocycles. The Morgan fingerprint density at radius 2 is 2.33 bits per heavy atom. The number of likely N-dealkylation sites (tertiary alicyclic amines) is 1. The third kappa shape index (κ3) is 3.88. The Bertz CT molecular complexity index is 720. The average molecular weight is 347 g/mol. The minimum Gasteiger partial charge on any atom is -0.361 e. The molecule has 8 heteroatoms. The number of aromatic nitrogens is 2. The Morgan fingerprint density at radius 3 is 3.00 bits per heavy atom. The van der Waals surface area contributed by atoms with Gasteiger partial charge in [-0.25, -0.2) is 9.97 Å². The van der Waals surface area contributed by atoms with Gasteiger partial charge in [-0.1, -0.05) is 6.92 Å². The SMILES string of the molecule is Cc1ncc(CN2CC[C@@H](Nc3ncccc3[N+](=O)[O-])[C@H](C)C2)s1. The van der Waals surface area contributed by atoms with Crippen molar-refractivity contribution in [2.75, 3.05) is 18.4 Å². The van der Waals surface area contributed by atoms with E-state index in [1.54, 1.807) is 23.6 Å². The molecule has 2 aromatic heterocycles. The first-order chi connectivity index (χ1) is 11.5. The molecule has 128 valence electrons. The average Bonchev–Trinajstić information content (AvgIpc) is 2.95. The van der Waals surface area contributed by atoms with Crippen molar-refractivity contribution in [1.29, 1.82) is 0 Å². The van der Waals surface area contributed by atoms with Crippen LogP contribution in [0.2, 0.25) is 0 Å². The van der Waals surface area contributed by atoms with E-state index in [2.05, 4.69) is 27.1 Å². The van der Waals surface area contributed by atoms with Gasteiger partial charge in [-0.3, -0.25) is 15.0 Å². The molecular formula is C16H21N5O2S. The van der Waals surface area contributed by atoms with Crippen molar-refractivity contribution in [3.05, 3.63) is 44.5 Å². The summed E-state index contributed by atoms with van der Waals surface area (Å²) in [5.41, 5.74) is 0.0345. The summed E-state index contributed by atoms with van der Waals surface area (Å²) in [6, 6.07) is 3.27. The van der Waals surface area contributed by atoms with Crippen LogP contribution in [0.5, 0.6) is 0 Å². The minimum atomic E-state index is -0.388. The number of piperidine rings is 1. The van der Waals surface area contributed by atoms with Crippen LogP contribution in [0, 0.1) is 23.0 Å². The topological polar surface area (TPSA) is 84.2 Å². The molecule has 24 heavy (non-hydrogen) atoms. The normalized spacial score (nSPS) is 21.6. The lowest BCUT2D eigenvalue weighted by molar-refractivity contribution is -0.384. The summed E-state index contributed by atoms with van der Waals surface area (Å²) in [4.78, 5) is 22.9. The number of nitrogens with one attached hydrogen (secondary N) is 1. The number of hydrogen-bond donors (Lipinski definition) is 1. The van der Waals surface area contributed by atoms with Crippen LogP contribution in [0.25, 0.3) is 0 Å². The Morgan fingerprint density at radius 1 is 1.50 bits per heavy atom. The van der Waals surface area contributed by atoms with E-state index in [1.807, 2.05) is 13.1 Å². The van der Waals surface area contributed by atoms with Crippen molar-refractivity contribution < 1.29 is 4.92 Å². The van der Waals surface area contributed by atoms with Crippen LogP contribution in [0.4, 0.5) is 11.5 Å². The van der Waals surface area contributed by atoms with E-state index in [-0.39, 0.29) is 16.7 Å². The van der Waals surface area contributed by atoms with Gasteiger partial charge >= 0.3 is 5.69 Å². The summed E-state index contributed by atoms with van der Waals surface area (Å²) in [7, 11) is 0. The number of rotatable bonds is 5. The molecule has 0 aliphatic carbocycles. The van der Waals surface area contributed by atoms with Crippen molar-refractivity contribution in [3.8, 4) is 0 Å². The molecule has 0 radical (unpaired) electrons. The lowest BCUT2D eigenvalue weighted by Crippen LogP contribution is -2.44.